The molecule has 0 atom stereocenters. The molecule has 0 spiro atoms. The predicted molar refractivity (Wildman–Crippen MR) is 69.6 cm³/mol. The number of methoxy groups -OCH3 is 2. The van der Waals surface area contributed by atoms with Gasteiger partial charge in [0.05, 0.1) is 14.2 Å². The minimum Gasteiger partial charge on any atom is -0.493 e. The number of benzene rings is 1. The van der Waals surface area contributed by atoms with Gasteiger partial charge in [0.1, 0.15) is 0 Å². The molecule has 1 aromatic rings. The maximum absolute atomic E-state index is 12.5. The van der Waals surface area contributed by atoms with Gasteiger partial charge in [-0.1, -0.05) is 0 Å². The highest BCUT2D eigenvalue weighted by molar-refractivity contribution is 5.82. The summed E-state index contributed by atoms with van der Waals surface area (Å²) in [6.07, 6.45) is -4.11. The number of ether oxygens (including phenoxy) is 2. The zero-order valence-electron chi connectivity index (χ0n) is 12.0. The predicted octanol–water partition coefficient (Wildman–Crippen LogP) is 2.19. The molecule has 0 N–H and O–H groups in total. The maximum Gasteiger partial charge on any atom is 0.471 e. The fourth-order valence-corrected chi connectivity index (χ4v) is 2.56. The summed E-state index contributed by atoms with van der Waals surface area (Å²) in [5.74, 6) is -0.761. The number of hydrogen-bond acceptors (Lipinski definition) is 3. The Morgan fingerprint density at radius 1 is 1.14 bits per heavy atom. The zero-order valence-corrected chi connectivity index (χ0v) is 12.0. The third-order valence-electron chi connectivity index (χ3n) is 3.73. The number of carbonyl (C=O) groups is 1. The van der Waals surface area contributed by atoms with E-state index in [1.54, 1.807) is 12.1 Å². The summed E-state index contributed by atoms with van der Waals surface area (Å²) in [4.78, 5) is 12.1. The molecule has 0 fully saturated rings. The number of alkyl halides is 3. The quantitative estimate of drug-likeness (QED) is 0.859. The molecule has 0 saturated heterocycles. The number of rotatable bonds is 3. The molecule has 0 heterocycles. The molecule has 0 saturated carbocycles. The lowest BCUT2D eigenvalue weighted by Gasteiger charge is -2.25. The fraction of sp³-hybridized carbons (Fsp3) is 0.500. The topological polar surface area (TPSA) is 38.8 Å². The molecule has 2 rings (SSSR count). The van der Waals surface area contributed by atoms with Crippen LogP contribution in [0.15, 0.2) is 12.1 Å². The van der Waals surface area contributed by atoms with E-state index < -0.39 is 18.1 Å². The van der Waals surface area contributed by atoms with Crippen LogP contribution in [0.4, 0.5) is 13.2 Å². The van der Waals surface area contributed by atoms with Gasteiger partial charge in [0.2, 0.25) is 0 Å². The first-order valence-electron chi connectivity index (χ1n) is 6.35. The number of nitrogens with zero attached hydrogens (tertiary/aromatic N) is 1. The first-order valence-corrected chi connectivity index (χ1v) is 6.35. The van der Waals surface area contributed by atoms with E-state index in [4.69, 9.17) is 9.47 Å². The summed E-state index contributed by atoms with van der Waals surface area (Å²) >= 11 is 0. The third kappa shape index (κ3) is 2.91. The van der Waals surface area contributed by atoms with Gasteiger partial charge in [-0.15, -0.1) is 0 Å². The van der Waals surface area contributed by atoms with Crippen molar-refractivity contribution in [2.24, 2.45) is 0 Å². The van der Waals surface area contributed by atoms with Crippen molar-refractivity contribution in [2.75, 3.05) is 21.3 Å². The second-order valence-electron chi connectivity index (χ2n) is 4.95. The molecule has 0 radical (unpaired) electrons. The van der Waals surface area contributed by atoms with Crippen LogP contribution < -0.4 is 9.47 Å². The number of hydrogen-bond donors (Lipinski definition) is 0. The molecule has 21 heavy (non-hydrogen) atoms. The summed E-state index contributed by atoms with van der Waals surface area (Å²) in [6.45, 7) is 0. The highest BCUT2D eigenvalue weighted by atomic mass is 19.4. The van der Waals surface area contributed by atoms with Gasteiger partial charge in [-0.05, 0) is 36.1 Å². The van der Waals surface area contributed by atoms with Crippen LogP contribution in [0.2, 0.25) is 0 Å². The van der Waals surface area contributed by atoms with Gasteiger partial charge in [0.15, 0.2) is 11.5 Å². The highest BCUT2D eigenvalue weighted by Gasteiger charge is 2.44. The van der Waals surface area contributed by atoms with Gasteiger partial charge in [0, 0.05) is 13.1 Å². The molecular formula is C14H16F3NO3. The molecule has 116 valence electrons. The van der Waals surface area contributed by atoms with Crippen LogP contribution in [0.25, 0.3) is 0 Å². The van der Waals surface area contributed by atoms with Crippen LogP contribution in [0.1, 0.15) is 11.1 Å². The summed E-state index contributed by atoms with van der Waals surface area (Å²) in [5, 5.41) is 0. The third-order valence-corrected chi connectivity index (χ3v) is 3.73. The van der Waals surface area contributed by atoms with E-state index in [-0.39, 0.29) is 0 Å². The standard InChI is InChI=1S/C14H16F3NO3/c1-18(13(19)14(15,16)17)10-4-8-6-11(20-2)12(21-3)7-9(8)5-10/h6-7,10H,4-5H2,1-3H3. The van der Waals surface area contributed by atoms with E-state index in [0.717, 1.165) is 16.0 Å². The average Bonchev–Trinajstić information content (AvgIpc) is 2.85. The van der Waals surface area contributed by atoms with Crippen LogP contribution in [0, 0.1) is 0 Å². The lowest BCUT2D eigenvalue weighted by Crippen LogP contribution is -2.44. The SMILES string of the molecule is COc1cc2c(cc1OC)CC(N(C)C(=O)C(F)(F)F)C2. The summed E-state index contributed by atoms with van der Waals surface area (Å²) < 4.78 is 47.8. The molecular weight excluding hydrogens is 287 g/mol. The van der Waals surface area contributed by atoms with Crippen LogP contribution in [0.3, 0.4) is 0 Å². The van der Waals surface area contributed by atoms with Crippen molar-refractivity contribution in [3.05, 3.63) is 23.3 Å². The Morgan fingerprint density at radius 2 is 1.57 bits per heavy atom. The normalized spacial score (nSPS) is 14.8. The first-order chi connectivity index (χ1) is 9.77. The minimum absolute atomic E-state index is 0.369. The van der Waals surface area contributed by atoms with Crippen LogP contribution >= 0.6 is 0 Å². The lowest BCUT2D eigenvalue weighted by atomic mass is 10.1. The Kier molecular flexibility index (Phi) is 4.02. The Hall–Kier alpha value is -1.92. The molecule has 0 bridgehead atoms. The van der Waals surface area contributed by atoms with Gasteiger partial charge in [0.25, 0.3) is 0 Å². The lowest BCUT2D eigenvalue weighted by molar-refractivity contribution is -0.186. The number of likely N-dealkylation sites (N-methyl/N-ethyl adjacent to an activating group) is 1. The van der Waals surface area contributed by atoms with Crippen molar-refractivity contribution >= 4 is 5.91 Å². The van der Waals surface area contributed by atoms with Crippen LogP contribution in [-0.2, 0) is 17.6 Å². The van der Waals surface area contributed by atoms with E-state index in [9.17, 15) is 18.0 Å². The van der Waals surface area contributed by atoms with Crippen molar-refractivity contribution in [3.63, 3.8) is 0 Å². The Balaban J connectivity index is 2.21. The smallest absolute Gasteiger partial charge is 0.471 e. The van der Waals surface area contributed by atoms with Gasteiger partial charge in [-0.25, -0.2) is 0 Å². The van der Waals surface area contributed by atoms with Gasteiger partial charge < -0.3 is 14.4 Å². The fourth-order valence-electron chi connectivity index (χ4n) is 2.56. The van der Waals surface area contributed by atoms with E-state index in [1.807, 2.05) is 0 Å². The van der Waals surface area contributed by atoms with E-state index in [2.05, 4.69) is 0 Å². The molecule has 1 aliphatic rings. The molecule has 1 aliphatic carbocycles. The largest absolute Gasteiger partial charge is 0.493 e. The van der Waals surface area contributed by atoms with Gasteiger partial charge in [-0.3, -0.25) is 4.79 Å². The van der Waals surface area contributed by atoms with E-state index >= 15 is 0 Å². The van der Waals surface area contributed by atoms with Crippen molar-refractivity contribution in [3.8, 4) is 11.5 Å². The Morgan fingerprint density at radius 3 is 1.90 bits per heavy atom. The second kappa shape index (κ2) is 5.46. The summed E-state index contributed by atoms with van der Waals surface area (Å²) in [5.41, 5.74) is 1.75. The van der Waals surface area contributed by atoms with Crippen LogP contribution in [-0.4, -0.2) is 44.3 Å². The van der Waals surface area contributed by atoms with Gasteiger partial charge in [-0.2, -0.15) is 13.2 Å². The molecule has 1 aromatic carbocycles. The summed E-state index contributed by atoms with van der Waals surface area (Å²) in [6, 6.07) is 2.99. The number of carbonyl (C=O) groups excluding carboxylic acids is 1. The number of halogens is 3. The minimum atomic E-state index is -4.85. The monoisotopic (exact) mass is 303 g/mol. The van der Waals surface area contributed by atoms with Crippen molar-refractivity contribution in [1.82, 2.24) is 4.90 Å². The Labute approximate surface area is 120 Å². The van der Waals surface area contributed by atoms with Gasteiger partial charge >= 0.3 is 12.1 Å². The van der Waals surface area contributed by atoms with E-state index in [0.29, 0.717) is 24.3 Å². The highest BCUT2D eigenvalue weighted by Crippen LogP contribution is 2.36. The maximum atomic E-state index is 12.5. The second-order valence-corrected chi connectivity index (χ2v) is 4.95. The van der Waals surface area contributed by atoms with Crippen LogP contribution in [0.5, 0.6) is 11.5 Å². The molecule has 1 amide bonds. The number of fused-ring (bicyclic) bond motifs is 1. The molecule has 4 nitrogen and oxygen atoms in total. The van der Waals surface area contributed by atoms with E-state index in [1.165, 1.54) is 21.3 Å². The summed E-state index contributed by atoms with van der Waals surface area (Å²) in [7, 11) is 4.17. The molecule has 0 aromatic heterocycles. The number of amides is 1. The van der Waals surface area contributed by atoms with Crippen molar-refractivity contribution in [2.45, 2.75) is 25.1 Å². The first kappa shape index (κ1) is 15.5. The van der Waals surface area contributed by atoms with Crippen molar-refractivity contribution in [1.29, 1.82) is 0 Å². The Bertz CT molecular complexity index is 524. The zero-order chi connectivity index (χ0) is 15.8. The van der Waals surface area contributed by atoms with Crippen molar-refractivity contribution < 1.29 is 27.4 Å². The molecule has 0 unspecified atom stereocenters. The molecule has 0 aliphatic heterocycles. The average molecular weight is 303 g/mol. The molecule has 7 heteroatoms.